The molecule has 0 radical (unpaired) electrons. The van der Waals surface area contributed by atoms with Crippen LogP contribution in [-0.2, 0) is 24.3 Å². The molecule has 6 nitrogen and oxygen atoms in total. The van der Waals surface area contributed by atoms with Crippen LogP contribution in [0.2, 0.25) is 0 Å². The number of primary sulfonamides is 1. The average molecular weight is 257 g/mol. The SMILES string of the molecule is NS(=O)(=O)C1CC23CC2C2C(=O)OC(=O)C2C13. The lowest BCUT2D eigenvalue weighted by atomic mass is 9.66. The van der Waals surface area contributed by atoms with E-state index < -0.39 is 39.0 Å². The van der Waals surface area contributed by atoms with Crippen molar-refractivity contribution in [2.24, 2.45) is 34.2 Å². The minimum atomic E-state index is -3.63. The van der Waals surface area contributed by atoms with Crippen LogP contribution in [0.3, 0.4) is 0 Å². The van der Waals surface area contributed by atoms with E-state index in [0.29, 0.717) is 6.42 Å². The van der Waals surface area contributed by atoms with Gasteiger partial charge in [0.2, 0.25) is 10.0 Å². The molecule has 6 unspecified atom stereocenters. The zero-order valence-electron chi connectivity index (χ0n) is 8.83. The van der Waals surface area contributed by atoms with Crippen LogP contribution in [0, 0.1) is 29.1 Å². The van der Waals surface area contributed by atoms with Gasteiger partial charge in [-0.25, -0.2) is 13.6 Å². The number of carbonyl (C=O) groups excluding carboxylic acids is 2. The average Bonchev–Trinajstić information content (AvgIpc) is 2.77. The van der Waals surface area contributed by atoms with Crippen molar-refractivity contribution < 1.29 is 22.7 Å². The molecule has 1 aliphatic heterocycles. The monoisotopic (exact) mass is 257 g/mol. The topological polar surface area (TPSA) is 104 Å². The molecule has 3 aliphatic carbocycles. The van der Waals surface area contributed by atoms with Gasteiger partial charge >= 0.3 is 11.9 Å². The molecule has 17 heavy (non-hydrogen) atoms. The molecule has 2 N–H and O–H groups in total. The molecule has 3 saturated carbocycles. The predicted molar refractivity (Wildman–Crippen MR) is 53.6 cm³/mol. The minimum absolute atomic E-state index is 0.0957. The lowest BCUT2D eigenvalue weighted by Gasteiger charge is -2.43. The summed E-state index contributed by atoms with van der Waals surface area (Å²) >= 11 is 0. The van der Waals surface area contributed by atoms with Crippen LogP contribution < -0.4 is 5.14 Å². The van der Waals surface area contributed by atoms with Gasteiger partial charge in [0.25, 0.3) is 0 Å². The molecular weight excluding hydrogens is 246 g/mol. The Morgan fingerprint density at radius 1 is 1.18 bits per heavy atom. The Hall–Kier alpha value is -0.950. The van der Waals surface area contributed by atoms with E-state index in [1.165, 1.54) is 0 Å². The number of nitrogens with two attached hydrogens (primary N) is 1. The second-order valence-electron chi connectivity index (χ2n) is 5.69. The maximum Gasteiger partial charge on any atom is 0.317 e. The Labute approximate surface area is 97.5 Å². The fourth-order valence-electron chi connectivity index (χ4n) is 4.52. The van der Waals surface area contributed by atoms with Crippen LogP contribution in [0.5, 0.6) is 0 Å². The molecule has 1 saturated heterocycles. The number of rotatable bonds is 1. The van der Waals surface area contributed by atoms with E-state index in [2.05, 4.69) is 4.74 Å². The summed E-state index contributed by atoms with van der Waals surface area (Å²) in [7, 11) is -3.63. The maximum absolute atomic E-state index is 11.6. The first kappa shape index (κ1) is 10.0. The molecule has 0 aromatic carbocycles. The Kier molecular flexibility index (Phi) is 1.43. The van der Waals surface area contributed by atoms with Crippen molar-refractivity contribution in [3.05, 3.63) is 0 Å². The van der Waals surface area contributed by atoms with Gasteiger partial charge in [-0.3, -0.25) is 9.59 Å². The molecule has 4 fully saturated rings. The zero-order chi connectivity index (χ0) is 12.2. The number of cyclic esters (lactones) is 2. The molecule has 0 aromatic rings. The van der Waals surface area contributed by atoms with Crippen LogP contribution in [0.4, 0.5) is 0 Å². The molecule has 1 heterocycles. The van der Waals surface area contributed by atoms with Crippen LogP contribution in [0.25, 0.3) is 0 Å². The van der Waals surface area contributed by atoms with Crippen molar-refractivity contribution in [2.45, 2.75) is 18.1 Å². The van der Waals surface area contributed by atoms with Crippen LogP contribution in [0.1, 0.15) is 12.8 Å². The van der Waals surface area contributed by atoms with Gasteiger partial charge in [0, 0.05) is 0 Å². The predicted octanol–water partition coefficient (Wildman–Crippen LogP) is -1.00. The van der Waals surface area contributed by atoms with Crippen molar-refractivity contribution in [2.75, 3.05) is 0 Å². The fraction of sp³-hybridized carbons (Fsp3) is 0.800. The largest absolute Gasteiger partial charge is 0.393 e. The van der Waals surface area contributed by atoms with E-state index in [1.807, 2.05) is 0 Å². The highest BCUT2D eigenvalue weighted by atomic mass is 32.2. The maximum atomic E-state index is 11.6. The first-order valence-corrected chi connectivity index (χ1v) is 7.24. The number of ether oxygens (including phenoxy) is 1. The third kappa shape index (κ3) is 0.911. The first-order chi connectivity index (χ1) is 7.86. The lowest BCUT2D eigenvalue weighted by Crippen LogP contribution is -2.53. The van der Waals surface area contributed by atoms with Crippen LogP contribution >= 0.6 is 0 Å². The number of esters is 2. The fourth-order valence-corrected chi connectivity index (χ4v) is 5.91. The van der Waals surface area contributed by atoms with Gasteiger partial charge in [0.1, 0.15) is 0 Å². The normalized spacial score (nSPS) is 54.5. The summed E-state index contributed by atoms with van der Waals surface area (Å²) in [5, 5.41) is 4.51. The molecule has 1 spiro atoms. The van der Waals surface area contributed by atoms with Gasteiger partial charge in [-0.2, -0.15) is 0 Å². The summed E-state index contributed by atoms with van der Waals surface area (Å²) < 4.78 is 27.5. The standard InChI is InChI=1S/C10H11NO5S/c11-17(14,15)4-2-10-1-3(10)5-6(7(4)10)9(13)16-8(5)12/h3-7H,1-2H2,(H2,11,14,15). The second kappa shape index (κ2) is 2.42. The number of hydrogen-bond acceptors (Lipinski definition) is 5. The molecule has 0 amide bonds. The number of sulfonamides is 1. The molecule has 4 rings (SSSR count). The summed E-state index contributed by atoms with van der Waals surface area (Å²) in [6.45, 7) is 0. The molecule has 6 atom stereocenters. The molecule has 7 heteroatoms. The van der Waals surface area contributed by atoms with Crippen molar-refractivity contribution in [3.8, 4) is 0 Å². The third-order valence-electron chi connectivity index (χ3n) is 5.20. The number of hydrogen-bond donors (Lipinski definition) is 1. The van der Waals surface area contributed by atoms with Crippen LogP contribution in [-0.4, -0.2) is 25.6 Å². The smallest absolute Gasteiger partial charge is 0.317 e. The lowest BCUT2D eigenvalue weighted by molar-refractivity contribution is -0.155. The van der Waals surface area contributed by atoms with Gasteiger partial charge in [0.15, 0.2) is 0 Å². The minimum Gasteiger partial charge on any atom is -0.393 e. The second-order valence-corrected chi connectivity index (χ2v) is 7.48. The van der Waals surface area contributed by atoms with E-state index in [1.54, 1.807) is 0 Å². The third-order valence-corrected chi connectivity index (χ3v) is 6.50. The van der Waals surface area contributed by atoms with Gasteiger partial charge in [-0.05, 0) is 30.1 Å². The highest BCUT2D eigenvalue weighted by Crippen LogP contribution is 2.81. The van der Waals surface area contributed by atoms with E-state index in [4.69, 9.17) is 5.14 Å². The highest BCUT2D eigenvalue weighted by Gasteiger charge is 2.83. The molecule has 92 valence electrons. The Morgan fingerprint density at radius 3 is 2.47 bits per heavy atom. The van der Waals surface area contributed by atoms with Crippen molar-refractivity contribution in [1.29, 1.82) is 0 Å². The van der Waals surface area contributed by atoms with Crippen molar-refractivity contribution in [1.82, 2.24) is 0 Å². The Bertz CT molecular complexity index is 569. The van der Waals surface area contributed by atoms with Crippen molar-refractivity contribution >= 4 is 22.0 Å². The van der Waals surface area contributed by atoms with Crippen LogP contribution in [0.15, 0.2) is 0 Å². The van der Waals surface area contributed by atoms with Gasteiger partial charge in [0.05, 0.1) is 17.1 Å². The summed E-state index contributed by atoms with van der Waals surface area (Å²) in [6, 6.07) is 0. The summed E-state index contributed by atoms with van der Waals surface area (Å²) in [5.41, 5.74) is -0.0957. The Balaban J connectivity index is 1.78. The number of fused-ring (bicyclic) bond motifs is 3. The Morgan fingerprint density at radius 2 is 1.82 bits per heavy atom. The van der Waals surface area contributed by atoms with Gasteiger partial charge in [-0.15, -0.1) is 0 Å². The zero-order valence-corrected chi connectivity index (χ0v) is 9.64. The summed E-state index contributed by atoms with van der Waals surface area (Å²) in [6.07, 6.45) is 1.35. The van der Waals surface area contributed by atoms with Gasteiger partial charge in [-0.1, -0.05) is 0 Å². The molecular formula is C10H11NO5S. The first-order valence-electron chi connectivity index (χ1n) is 5.63. The van der Waals surface area contributed by atoms with E-state index in [0.717, 1.165) is 6.42 Å². The van der Waals surface area contributed by atoms with E-state index in [9.17, 15) is 18.0 Å². The van der Waals surface area contributed by atoms with E-state index >= 15 is 0 Å². The quantitative estimate of drug-likeness (QED) is 0.479. The number of carbonyl (C=O) groups is 2. The highest BCUT2D eigenvalue weighted by molar-refractivity contribution is 7.89. The van der Waals surface area contributed by atoms with E-state index in [-0.39, 0.29) is 17.3 Å². The summed E-state index contributed by atoms with van der Waals surface area (Å²) in [5.74, 6) is -2.12. The molecule has 0 aromatic heterocycles. The molecule has 0 bridgehead atoms. The summed E-state index contributed by atoms with van der Waals surface area (Å²) in [4.78, 5) is 23.2. The molecule has 4 aliphatic rings. The van der Waals surface area contributed by atoms with Crippen molar-refractivity contribution in [3.63, 3.8) is 0 Å². The van der Waals surface area contributed by atoms with Gasteiger partial charge < -0.3 is 4.74 Å².